The minimum atomic E-state index is -0.562. The molecule has 0 saturated heterocycles. The summed E-state index contributed by atoms with van der Waals surface area (Å²) in [7, 11) is 2.88. The van der Waals surface area contributed by atoms with E-state index < -0.39 is 5.97 Å². The Morgan fingerprint density at radius 3 is 2.21 bits per heavy atom. The summed E-state index contributed by atoms with van der Waals surface area (Å²) in [5, 5.41) is 9.64. The quantitative estimate of drug-likeness (QED) is 0.860. The van der Waals surface area contributed by atoms with E-state index in [1.165, 1.54) is 13.2 Å². The molecule has 0 unspecified atom stereocenters. The molecule has 98 valence electrons. The van der Waals surface area contributed by atoms with Crippen molar-refractivity contribution in [3.05, 3.63) is 48.0 Å². The zero-order valence-corrected chi connectivity index (χ0v) is 10.7. The second kappa shape index (κ2) is 5.44. The lowest BCUT2D eigenvalue weighted by Gasteiger charge is -2.07. The molecule has 0 heterocycles. The smallest absolute Gasteiger partial charge is 0.341 e. The van der Waals surface area contributed by atoms with Gasteiger partial charge in [0.05, 0.1) is 14.2 Å². The average molecular weight is 258 g/mol. The van der Waals surface area contributed by atoms with Crippen LogP contribution in [0.25, 0.3) is 11.1 Å². The highest BCUT2D eigenvalue weighted by Gasteiger charge is 2.12. The van der Waals surface area contributed by atoms with E-state index in [1.807, 2.05) is 24.3 Å². The maximum atomic E-state index is 11.5. The van der Waals surface area contributed by atoms with Crippen molar-refractivity contribution in [1.82, 2.24) is 0 Å². The number of benzene rings is 2. The first kappa shape index (κ1) is 13.0. The fraction of sp³-hybridized carbons (Fsp3) is 0.133. The molecule has 0 amide bonds. The van der Waals surface area contributed by atoms with Crippen LogP contribution in [0.2, 0.25) is 0 Å². The van der Waals surface area contributed by atoms with Crippen molar-refractivity contribution < 1.29 is 19.4 Å². The molecule has 4 heteroatoms. The van der Waals surface area contributed by atoms with Gasteiger partial charge in [0.2, 0.25) is 0 Å². The van der Waals surface area contributed by atoms with Gasteiger partial charge in [0, 0.05) is 0 Å². The van der Waals surface area contributed by atoms with Crippen LogP contribution in [-0.4, -0.2) is 25.3 Å². The van der Waals surface area contributed by atoms with Crippen LogP contribution in [0.4, 0.5) is 0 Å². The third-order valence-electron chi connectivity index (χ3n) is 2.83. The second-order valence-corrected chi connectivity index (χ2v) is 3.95. The van der Waals surface area contributed by atoms with Crippen LogP contribution in [-0.2, 0) is 4.74 Å². The SMILES string of the molecule is COC(=O)c1cc(-c2ccc(OC)cc2)ccc1O. The van der Waals surface area contributed by atoms with Gasteiger partial charge in [0.1, 0.15) is 17.1 Å². The Bertz CT molecular complexity index is 588. The monoisotopic (exact) mass is 258 g/mol. The van der Waals surface area contributed by atoms with Gasteiger partial charge in [-0.15, -0.1) is 0 Å². The molecule has 0 spiro atoms. The molecule has 0 aliphatic carbocycles. The highest BCUT2D eigenvalue weighted by molar-refractivity contribution is 5.94. The Morgan fingerprint density at radius 2 is 1.63 bits per heavy atom. The van der Waals surface area contributed by atoms with Gasteiger partial charge in [-0.2, -0.15) is 0 Å². The number of methoxy groups -OCH3 is 2. The minimum Gasteiger partial charge on any atom is -0.507 e. The third kappa shape index (κ3) is 2.68. The van der Waals surface area contributed by atoms with Crippen molar-refractivity contribution in [2.45, 2.75) is 0 Å². The lowest BCUT2D eigenvalue weighted by Crippen LogP contribution is -2.01. The fourth-order valence-corrected chi connectivity index (χ4v) is 1.77. The van der Waals surface area contributed by atoms with Crippen molar-refractivity contribution in [2.75, 3.05) is 14.2 Å². The molecule has 0 radical (unpaired) electrons. The summed E-state index contributed by atoms with van der Waals surface area (Å²) in [6, 6.07) is 12.2. The number of phenols is 1. The standard InChI is InChI=1S/C15H14O4/c1-18-12-6-3-10(4-7-12)11-5-8-14(16)13(9-11)15(17)19-2/h3-9,16H,1-2H3. The zero-order chi connectivity index (χ0) is 13.8. The molecule has 2 rings (SSSR count). The number of aromatic hydroxyl groups is 1. The maximum Gasteiger partial charge on any atom is 0.341 e. The number of phenolic OH excluding ortho intramolecular Hbond substituents is 1. The molecule has 0 bridgehead atoms. The van der Waals surface area contributed by atoms with Gasteiger partial charge in [0.25, 0.3) is 0 Å². The molecule has 4 nitrogen and oxygen atoms in total. The highest BCUT2D eigenvalue weighted by atomic mass is 16.5. The molecule has 1 N–H and O–H groups in total. The molecule has 2 aromatic rings. The number of carbonyl (C=O) groups is 1. The van der Waals surface area contributed by atoms with Gasteiger partial charge in [0.15, 0.2) is 0 Å². The van der Waals surface area contributed by atoms with Gasteiger partial charge < -0.3 is 14.6 Å². The van der Waals surface area contributed by atoms with E-state index in [0.29, 0.717) is 0 Å². The summed E-state index contributed by atoms with van der Waals surface area (Å²) in [4.78, 5) is 11.5. The number of hydrogen-bond acceptors (Lipinski definition) is 4. The third-order valence-corrected chi connectivity index (χ3v) is 2.83. The van der Waals surface area contributed by atoms with E-state index in [9.17, 15) is 9.90 Å². The molecule has 19 heavy (non-hydrogen) atoms. The first-order chi connectivity index (χ1) is 9.15. The van der Waals surface area contributed by atoms with Crippen molar-refractivity contribution in [3.63, 3.8) is 0 Å². The van der Waals surface area contributed by atoms with Crippen molar-refractivity contribution in [3.8, 4) is 22.6 Å². The second-order valence-electron chi connectivity index (χ2n) is 3.95. The largest absolute Gasteiger partial charge is 0.507 e. The topological polar surface area (TPSA) is 55.8 Å². The Kier molecular flexibility index (Phi) is 3.71. The molecule has 2 aromatic carbocycles. The first-order valence-corrected chi connectivity index (χ1v) is 5.71. The van der Waals surface area contributed by atoms with Gasteiger partial charge in [-0.1, -0.05) is 18.2 Å². The van der Waals surface area contributed by atoms with Gasteiger partial charge >= 0.3 is 5.97 Å². The summed E-state index contributed by atoms with van der Waals surface area (Å²) in [5.74, 6) is 0.104. The molecule has 0 fully saturated rings. The van der Waals surface area contributed by atoms with Crippen molar-refractivity contribution in [2.24, 2.45) is 0 Å². The summed E-state index contributed by atoms with van der Waals surface area (Å²) >= 11 is 0. The molecule has 0 saturated carbocycles. The Labute approximate surface area is 111 Å². The molecule has 0 aliphatic rings. The van der Waals surface area contributed by atoms with E-state index in [4.69, 9.17) is 4.74 Å². The van der Waals surface area contributed by atoms with Gasteiger partial charge in [-0.3, -0.25) is 0 Å². The predicted octanol–water partition coefficient (Wildman–Crippen LogP) is 2.85. The summed E-state index contributed by atoms with van der Waals surface area (Å²) < 4.78 is 9.71. The van der Waals surface area contributed by atoms with E-state index >= 15 is 0 Å². The van der Waals surface area contributed by atoms with E-state index in [0.717, 1.165) is 16.9 Å². The Hall–Kier alpha value is -2.49. The molecule has 0 aromatic heterocycles. The van der Waals surface area contributed by atoms with E-state index in [2.05, 4.69) is 4.74 Å². The first-order valence-electron chi connectivity index (χ1n) is 5.71. The van der Waals surface area contributed by atoms with Crippen LogP contribution >= 0.6 is 0 Å². The Morgan fingerprint density at radius 1 is 1.00 bits per heavy atom. The van der Waals surface area contributed by atoms with Crippen LogP contribution < -0.4 is 4.74 Å². The van der Waals surface area contributed by atoms with E-state index in [1.54, 1.807) is 19.2 Å². The minimum absolute atomic E-state index is 0.0934. The lowest BCUT2D eigenvalue weighted by atomic mass is 10.0. The normalized spacial score (nSPS) is 10.0. The molecular formula is C15H14O4. The lowest BCUT2D eigenvalue weighted by molar-refractivity contribution is 0.0597. The summed E-state index contributed by atoms with van der Waals surface area (Å²) in [6.07, 6.45) is 0. The summed E-state index contributed by atoms with van der Waals surface area (Å²) in [5.41, 5.74) is 1.89. The zero-order valence-electron chi connectivity index (χ0n) is 10.7. The van der Waals surface area contributed by atoms with Crippen LogP contribution in [0.15, 0.2) is 42.5 Å². The average Bonchev–Trinajstić information content (AvgIpc) is 2.47. The number of hydrogen-bond donors (Lipinski definition) is 1. The summed E-state index contributed by atoms with van der Waals surface area (Å²) in [6.45, 7) is 0. The number of carbonyl (C=O) groups excluding carboxylic acids is 1. The van der Waals surface area contributed by atoms with Crippen molar-refractivity contribution in [1.29, 1.82) is 0 Å². The highest BCUT2D eigenvalue weighted by Crippen LogP contribution is 2.27. The van der Waals surface area contributed by atoms with Crippen LogP contribution in [0.3, 0.4) is 0 Å². The van der Waals surface area contributed by atoms with Crippen LogP contribution in [0.5, 0.6) is 11.5 Å². The maximum absolute atomic E-state index is 11.5. The predicted molar refractivity (Wildman–Crippen MR) is 71.4 cm³/mol. The Balaban J connectivity index is 2.42. The molecule has 0 atom stereocenters. The number of ether oxygens (including phenoxy) is 2. The van der Waals surface area contributed by atoms with E-state index in [-0.39, 0.29) is 11.3 Å². The molecular weight excluding hydrogens is 244 g/mol. The van der Waals surface area contributed by atoms with Gasteiger partial charge in [-0.05, 0) is 35.4 Å². The van der Waals surface area contributed by atoms with Crippen LogP contribution in [0, 0.1) is 0 Å². The fourth-order valence-electron chi connectivity index (χ4n) is 1.77. The van der Waals surface area contributed by atoms with Crippen molar-refractivity contribution >= 4 is 5.97 Å². The number of esters is 1. The number of rotatable bonds is 3. The van der Waals surface area contributed by atoms with Gasteiger partial charge in [-0.25, -0.2) is 4.79 Å². The van der Waals surface area contributed by atoms with Crippen LogP contribution in [0.1, 0.15) is 10.4 Å². The molecule has 0 aliphatic heterocycles.